The lowest BCUT2D eigenvalue weighted by Crippen LogP contribution is -1.83. The number of nitrogens with zero attached hydrogens (tertiary/aromatic N) is 2. The molecule has 0 aliphatic rings. The molecule has 2 aromatic carbocycles. The van der Waals surface area contributed by atoms with E-state index in [1.54, 1.807) is 13.3 Å². The molecule has 0 bridgehead atoms. The topological polar surface area (TPSA) is 47.6 Å². The van der Waals surface area contributed by atoms with Gasteiger partial charge in [0, 0.05) is 17.8 Å². The van der Waals surface area contributed by atoms with Crippen LogP contribution in [0, 0.1) is 0 Å². The highest BCUT2D eigenvalue weighted by Gasteiger charge is 2.04. The fourth-order valence-electron chi connectivity index (χ4n) is 1.90. The van der Waals surface area contributed by atoms with Crippen LogP contribution in [0.2, 0.25) is 0 Å². The molecular weight excluding hydrogens is 264 g/mol. The van der Waals surface area contributed by atoms with Crippen molar-refractivity contribution in [3.8, 4) is 17.0 Å². The second kappa shape index (κ2) is 6.05. The zero-order valence-corrected chi connectivity index (χ0v) is 11.6. The summed E-state index contributed by atoms with van der Waals surface area (Å²) in [6.45, 7) is 0. The van der Waals surface area contributed by atoms with Crippen LogP contribution in [-0.2, 0) is 0 Å². The Morgan fingerprint density at radius 3 is 2.52 bits per heavy atom. The predicted molar refractivity (Wildman–Crippen MR) is 82.2 cm³/mol. The Kier molecular flexibility index (Phi) is 3.78. The van der Waals surface area contributed by atoms with Crippen LogP contribution < -0.4 is 4.74 Å². The number of ether oxygens (including phenoxy) is 1. The molecule has 0 amide bonds. The van der Waals surface area contributed by atoms with Crippen molar-refractivity contribution in [2.75, 3.05) is 7.11 Å². The summed E-state index contributed by atoms with van der Waals surface area (Å²) in [4.78, 5) is 4.28. The number of rotatable bonds is 4. The summed E-state index contributed by atoms with van der Waals surface area (Å²) < 4.78 is 10.3. The molecular formula is C17H14N2O2. The smallest absolute Gasteiger partial charge is 0.251 e. The minimum atomic E-state index is 0.477. The van der Waals surface area contributed by atoms with Crippen molar-refractivity contribution in [2.24, 2.45) is 4.99 Å². The van der Waals surface area contributed by atoms with Gasteiger partial charge in [0.25, 0.3) is 5.88 Å². The van der Waals surface area contributed by atoms with Crippen molar-refractivity contribution in [3.05, 3.63) is 66.2 Å². The van der Waals surface area contributed by atoms with Crippen molar-refractivity contribution in [3.63, 3.8) is 0 Å². The average Bonchev–Trinajstić information content (AvgIpc) is 3.03. The maximum Gasteiger partial charge on any atom is 0.251 e. The van der Waals surface area contributed by atoms with Crippen molar-refractivity contribution in [1.82, 2.24) is 5.16 Å². The minimum absolute atomic E-state index is 0.477. The van der Waals surface area contributed by atoms with Crippen LogP contribution in [-0.4, -0.2) is 18.5 Å². The molecule has 3 rings (SSSR count). The molecule has 21 heavy (non-hydrogen) atoms. The number of hydrogen-bond donors (Lipinski definition) is 0. The number of benzene rings is 2. The third kappa shape index (κ3) is 3.17. The number of hydrogen-bond acceptors (Lipinski definition) is 4. The summed E-state index contributed by atoms with van der Waals surface area (Å²) in [5.74, 6) is 1.29. The SMILES string of the molecule is COc1ccc(/C=N/c2cc(-c3ccccc3)no2)cc1. The Morgan fingerprint density at radius 2 is 1.81 bits per heavy atom. The lowest BCUT2D eigenvalue weighted by Gasteiger charge is -1.98. The Balaban J connectivity index is 1.76. The van der Waals surface area contributed by atoms with Gasteiger partial charge in [-0.2, -0.15) is 0 Å². The molecule has 1 heterocycles. The quantitative estimate of drug-likeness (QED) is 0.675. The average molecular weight is 278 g/mol. The standard InChI is InChI=1S/C17H14N2O2/c1-20-15-9-7-13(8-10-15)12-18-17-11-16(19-21-17)14-5-3-2-4-6-14/h2-12H,1H3/b18-12+. The second-order valence-electron chi connectivity index (χ2n) is 4.45. The van der Waals surface area contributed by atoms with E-state index in [0.717, 1.165) is 22.6 Å². The van der Waals surface area contributed by atoms with Gasteiger partial charge in [-0.3, -0.25) is 0 Å². The molecule has 0 fully saturated rings. The van der Waals surface area contributed by atoms with Crippen LogP contribution in [0.15, 0.2) is 70.2 Å². The zero-order chi connectivity index (χ0) is 14.5. The minimum Gasteiger partial charge on any atom is -0.497 e. The molecule has 0 saturated carbocycles. The van der Waals surface area contributed by atoms with Gasteiger partial charge in [0.05, 0.1) is 7.11 Å². The number of aromatic nitrogens is 1. The van der Waals surface area contributed by atoms with Gasteiger partial charge in [-0.1, -0.05) is 35.5 Å². The fraction of sp³-hybridized carbons (Fsp3) is 0.0588. The molecule has 0 atom stereocenters. The van der Waals surface area contributed by atoms with E-state index in [-0.39, 0.29) is 0 Å². The highest BCUT2D eigenvalue weighted by atomic mass is 16.5. The van der Waals surface area contributed by atoms with E-state index in [0.29, 0.717) is 5.88 Å². The monoisotopic (exact) mass is 278 g/mol. The van der Waals surface area contributed by atoms with Crippen LogP contribution in [0.3, 0.4) is 0 Å². The molecule has 0 aliphatic carbocycles. The van der Waals surface area contributed by atoms with Crippen LogP contribution in [0.1, 0.15) is 5.56 Å². The Morgan fingerprint density at radius 1 is 1.05 bits per heavy atom. The summed E-state index contributed by atoms with van der Waals surface area (Å²) in [5, 5.41) is 4.02. The zero-order valence-electron chi connectivity index (χ0n) is 11.6. The van der Waals surface area contributed by atoms with E-state index in [2.05, 4.69) is 10.1 Å². The van der Waals surface area contributed by atoms with Crippen LogP contribution in [0.4, 0.5) is 5.88 Å². The Hall–Kier alpha value is -2.88. The van der Waals surface area contributed by atoms with Crippen molar-refractivity contribution >= 4 is 12.1 Å². The van der Waals surface area contributed by atoms with Gasteiger partial charge in [-0.05, 0) is 29.8 Å². The molecule has 104 valence electrons. The van der Waals surface area contributed by atoms with Gasteiger partial charge in [0.15, 0.2) is 0 Å². The first-order valence-electron chi connectivity index (χ1n) is 6.55. The molecule has 0 radical (unpaired) electrons. The lowest BCUT2D eigenvalue weighted by molar-refractivity contribution is 0.415. The van der Waals surface area contributed by atoms with E-state index < -0.39 is 0 Å². The Bertz CT molecular complexity index is 731. The summed E-state index contributed by atoms with van der Waals surface area (Å²) >= 11 is 0. The van der Waals surface area contributed by atoms with Gasteiger partial charge >= 0.3 is 0 Å². The largest absolute Gasteiger partial charge is 0.497 e. The van der Waals surface area contributed by atoms with E-state index in [1.165, 1.54) is 0 Å². The fourth-order valence-corrected chi connectivity index (χ4v) is 1.90. The maximum absolute atomic E-state index is 5.21. The highest BCUT2D eigenvalue weighted by Crippen LogP contribution is 2.23. The molecule has 0 saturated heterocycles. The predicted octanol–water partition coefficient (Wildman–Crippen LogP) is 4.10. The third-order valence-electron chi connectivity index (χ3n) is 3.02. The van der Waals surface area contributed by atoms with E-state index in [4.69, 9.17) is 9.26 Å². The van der Waals surface area contributed by atoms with Gasteiger partial charge in [0.1, 0.15) is 11.4 Å². The normalized spacial score (nSPS) is 10.9. The van der Waals surface area contributed by atoms with Crippen LogP contribution >= 0.6 is 0 Å². The first kappa shape index (κ1) is 13.1. The summed E-state index contributed by atoms with van der Waals surface area (Å²) in [6, 6.07) is 19.3. The van der Waals surface area contributed by atoms with Gasteiger partial charge in [-0.15, -0.1) is 0 Å². The van der Waals surface area contributed by atoms with Crippen molar-refractivity contribution in [1.29, 1.82) is 0 Å². The third-order valence-corrected chi connectivity index (χ3v) is 3.02. The van der Waals surface area contributed by atoms with Crippen LogP contribution in [0.25, 0.3) is 11.3 Å². The summed E-state index contributed by atoms with van der Waals surface area (Å²) in [6.07, 6.45) is 1.73. The Labute approximate surface area is 122 Å². The van der Waals surface area contributed by atoms with Crippen LogP contribution in [0.5, 0.6) is 5.75 Å². The van der Waals surface area contributed by atoms with E-state index >= 15 is 0 Å². The molecule has 3 aromatic rings. The molecule has 1 aromatic heterocycles. The van der Waals surface area contributed by atoms with Gasteiger partial charge in [-0.25, -0.2) is 4.99 Å². The molecule has 0 N–H and O–H groups in total. The molecule has 0 unspecified atom stereocenters. The number of methoxy groups -OCH3 is 1. The first-order chi connectivity index (χ1) is 10.3. The van der Waals surface area contributed by atoms with Gasteiger partial charge in [0.2, 0.25) is 0 Å². The summed E-state index contributed by atoms with van der Waals surface area (Å²) in [7, 11) is 1.64. The molecule has 4 nitrogen and oxygen atoms in total. The molecule has 0 spiro atoms. The maximum atomic E-state index is 5.21. The second-order valence-corrected chi connectivity index (χ2v) is 4.45. The lowest BCUT2D eigenvalue weighted by atomic mass is 10.2. The van der Waals surface area contributed by atoms with Gasteiger partial charge < -0.3 is 9.26 Å². The summed E-state index contributed by atoms with van der Waals surface area (Å²) in [5.41, 5.74) is 2.75. The molecule has 0 aliphatic heterocycles. The van der Waals surface area contributed by atoms with Crippen molar-refractivity contribution in [2.45, 2.75) is 0 Å². The van der Waals surface area contributed by atoms with E-state index in [9.17, 15) is 0 Å². The number of aliphatic imine (C=N–C) groups is 1. The first-order valence-corrected chi connectivity index (χ1v) is 6.55. The highest BCUT2D eigenvalue weighted by molar-refractivity contribution is 5.81. The van der Waals surface area contributed by atoms with E-state index in [1.807, 2.05) is 60.7 Å². The van der Waals surface area contributed by atoms with Crippen molar-refractivity contribution < 1.29 is 9.26 Å². The molecule has 4 heteroatoms.